The molecule has 0 saturated carbocycles. The average Bonchev–Trinajstić information content (AvgIpc) is 1.63. The smallest absolute Gasteiger partial charge is 0.419 e. The number of nitrogens with two attached hydrogens (primary N) is 4. The van der Waals surface area contributed by atoms with Gasteiger partial charge in [0.1, 0.15) is 11.2 Å². The molecule has 5 amide bonds. The van der Waals surface area contributed by atoms with Crippen molar-refractivity contribution in [3.8, 4) is 0 Å². The summed E-state index contributed by atoms with van der Waals surface area (Å²) in [5.41, 5.74) is 32.8. The number of amides is 5. The first-order valence-electron chi connectivity index (χ1n) is 39.9. The SMILES string of the molecule is CC(/C=C/C(C)(C)C(N)=O)CC1=CCc2ccccc21.CC(C)(/C=C/C(N)Cc1c[nH]c2ccccc12)C(N)=O.CC(C)(C)OC(=O)NC(/C=C/C(C)(C)C(=O)O)Cc1cn(C(=O)OC(C)(C)C)c2ccccc12.CNC(=O)C(C)(C)/C=C/C(C)CC1=CCc2ccccc21.CNC(=O)C(C)(C)/C=C/C(N)Cc1c[nH]c2ccccc12.Cl.N. The van der Waals surface area contributed by atoms with Crippen LogP contribution in [0.3, 0.4) is 0 Å². The highest BCUT2D eigenvalue weighted by Crippen LogP contribution is 2.36. The van der Waals surface area contributed by atoms with Gasteiger partial charge < -0.3 is 69.6 Å². The van der Waals surface area contributed by atoms with Crippen LogP contribution in [0.1, 0.15) is 176 Å². The summed E-state index contributed by atoms with van der Waals surface area (Å²) < 4.78 is 12.4. The van der Waals surface area contributed by atoms with Crippen LogP contribution in [0.5, 0.6) is 0 Å². The number of carbonyl (C=O) groups is 7. The van der Waals surface area contributed by atoms with Crippen molar-refractivity contribution >= 4 is 98.0 Å². The summed E-state index contributed by atoms with van der Waals surface area (Å²) in [6.07, 6.45) is 33.9. The number of rotatable bonds is 26. The molecule has 8 aromatic rings. The molecule has 0 spiro atoms. The first-order chi connectivity index (χ1) is 54.2. The molecule has 17 N–H and O–H groups in total. The van der Waals surface area contributed by atoms with Crippen molar-refractivity contribution in [2.75, 3.05) is 14.1 Å². The van der Waals surface area contributed by atoms with Crippen molar-refractivity contribution in [1.82, 2.24) is 36.6 Å². The van der Waals surface area contributed by atoms with E-state index < -0.39 is 62.5 Å². The van der Waals surface area contributed by atoms with Gasteiger partial charge in [0, 0.05) is 72.0 Å². The summed E-state index contributed by atoms with van der Waals surface area (Å²) >= 11 is 0. The molecule has 5 unspecified atom stereocenters. The van der Waals surface area contributed by atoms with Gasteiger partial charge >= 0.3 is 18.2 Å². The van der Waals surface area contributed by atoms with Crippen molar-refractivity contribution in [2.24, 2.45) is 61.8 Å². The van der Waals surface area contributed by atoms with Gasteiger partial charge in [0.25, 0.3) is 0 Å². The van der Waals surface area contributed by atoms with Gasteiger partial charge in [-0.25, -0.2) is 9.59 Å². The zero-order valence-electron chi connectivity index (χ0n) is 73.0. The molecule has 3 aromatic heterocycles. The number of aromatic nitrogens is 3. The van der Waals surface area contributed by atoms with Crippen LogP contribution < -0.4 is 45.0 Å². The molecule has 3 heterocycles. The summed E-state index contributed by atoms with van der Waals surface area (Å²) in [6.45, 7) is 33.1. The molecule has 2 aliphatic carbocycles. The number of carbonyl (C=O) groups excluding carboxylic acids is 6. The second-order valence-corrected chi connectivity index (χ2v) is 35.1. The summed E-state index contributed by atoms with van der Waals surface area (Å²) in [5.74, 6) is -0.771. The number of hydrogen-bond acceptors (Lipinski definition) is 12. The number of nitrogens with one attached hydrogen (secondary N) is 5. The molecule has 5 aromatic carbocycles. The number of fused-ring (bicyclic) bond motifs is 5. The number of hydrogen-bond donors (Lipinski definition) is 11. The number of carboxylic acid groups (broad SMARTS) is 1. The number of primary amides is 2. The van der Waals surface area contributed by atoms with E-state index in [9.17, 15) is 38.7 Å². The van der Waals surface area contributed by atoms with Crippen molar-refractivity contribution in [2.45, 2.75) is 199 Å². The Hall–Kier alpha value is -10.8. The Balaban J connectivity index is 0.000000314. The van der Waals surface area contributed by atoms with Gasteiger partial charge in [-0.05, 0) is 236 Å². The minimum Gasteiger partial charge on any atom is -0.481 e. The van der Waals surface area contributed by atoms with Crippen LogP contribution in [0.25, 0.3) is 43.9 Å². The number of nitrogens with zero attached hydrogens (tertiary/aromatic N) is 1. The minimum atomic E-state index is -1.13. The fourth-order valence-electron chi connectivity index (χ4n) is 12.8. The third-order valence-electron chi connectivity index (χ3n) is 20.1. The zero-order valence-corrected chi connectivity index (χ0v) is 73.9. The van der Waals surface area contributed by atoms with Gasteiger partial charge in [0.2, 0.25) is 23.6 Å². The van der Waals surface area contributed by atoms with Gasteiger partial charge in [0.15, 0.2) is 0 Å². The molecule has 0 bridgehead atoms. The largest absolute Gasteiger partial charge is 0.481 e. The van der Waals surface area contributed by atoms with E-state index in [1.54, 1.807) is 108 Å². The van der Waals surface area contributed by atoms with Crippen molar-refractivity contribution in [3.05, 3.63) is 252 Å². The van der Waals surface area contributed by atoms with E-state index in [2.05, 4.69) is 131 Å². The maximum atomic E-state index is 12.8. The maximum Gasteiger partial charge on any atom is 0.419 e. The van der Waals surface area contributed by atoms with Gasteiger partial charge in [-0.2, -0.15) is 0 Å². The van der Waals surface area contributed by atoms with Gasteiger partial charge in [-0.1, -0.05) is 190 Å². The number of ether oxygens (including phenoxy) is 2. The number of para-hydroxylation sites is 3. The molecule has 638 valence electrons. The summed E-state index contributed by atoms with van der Waals surface area (Å²) in [4.78, 5) is 89.4. The topological polar surface area (TPSA) is 370 Å². The summed E-state index contributed by atoms with van der Waals surface area (Å²) in [5, 5.41) is 20.9. The van der Waals surface area contributed by atoms with Crippen LogP contribution >= 0.6 is 12.4 Å². The van der Waals surface area contributed by atoms with E-state index in [0.29, 0.717) is 23.8 Å². The molecular formula is C96H132ClN11O10. The second-order valence-electron chi connectivity index (χ2n) is 35.1. The molecule has 21 nitrogen and oxygen atoms in total. The predicted molar refractivity (Wildman–Crippen MR) is 485 cm³/mol. The molecule has 0 radical (unpaired) electrons. The highest BCUT2D eigenvalue weighted by Gasteiger charge is 2.30. The first-order valence-corrected chi connectivity index (χ1v) is 39.9. The number of aromatic amines is 2. The number of aliphatic carboxylic acids is 1. The third kappa shape index (κ3) is 30.3. The summed E-state index contributed by atoms with van der Waals surface area (Å²) in [7, 11) is 3.32. The highest BCUT2D eigenvalue weighted by atomic mass is 35.5. The Morgan fingerprint density at radius 3 is 1.26 bits per heavy atom. The lowest BCUT2D eigenvalue weighted by Gasteiger charge is -2.23. The van der Waals surface area contributed by atoms with Crippen molar-refractivity contribution in [1.29, 1.82) is 0 Å². The number of allylic oxidation sites excluding steroid dienone is 6. The Bertz CT molecular complexity index is 4950. The second kappa shape index (κ2) is 43.6. The monoisotopic (exact) mass is 1630 g/mol. The Kier molecular flexibility index (Phi) is 36.7. The number of benzene rings is 5. The summed E-state index contributed by atoms with van der Waals surface area (Å²) in [6, 6.07) is 40.0. The fraction of sp³-hybridized carbons (Fsp3) is 0.406. The number of carboxylic acids is 1. The first kappa shape index (κ1) is 99.5. The van der Waals surface area contributed by atoms with Crippen LogP contribution in [0.15, 0.2) is 213 Å². The van der Waals surface area contributed by atoms with Crippen LogP contribution in [0.4, 0.5) is 9.59 Å². The fourth-order valence-corrected chi connectivity index (χ4v) is 12.8. The van der Waals surface area contributed by atoms with E-state index in [1.807, 2.05) is 139 Å². The average molecular weight is 1640 g/mol. The van der Waals surface area contributed by atoms with Crippen LogP contribution in [-0.2, 0) is 65.6 Å². The van der Waals surface area contributed by atoms with Crippen LogP contribution in [-0.4, -0.2) is 105 Å². The van der Waals surface area contributed by atoms with E-state index >= 15 is 0 Å². The third-order valence-corrected chi connectivity index (χ3v) is 20.1. The molecule has 2 aliphatic rings. The molecule has 0 fully saturated rings. The normalized spacial score (nSPS) is 14.3. The molecule has 5 atom stereocenters. The minimum absolute atomic E-state index is 0. The quantitative estimate of drug-likeness (QED) is 0.0225. The molecule has 0 aliphatic heterocycles. The zero-order chi connectivity index (χ0) is 86.3. The Morgan fingerprint density at radius 2 is 0.847 bits per heavy atom. The number of halogens is 1. The lowest BCUT2D eigenvalue weighted by atomic mass is 9.89. The molecule has 10 rings (SSSR count). The lowest BCUT2D eigenvalue weighted by Crippen LogP contribution is -2.39. The molecular weight excluding hydrogens is 1500 g/mol. The van der Waals surface area contributed by atoms with Crippen LogP contribution in [0.2, 0.25) is 0 Å². The van der Waals surface area contributed by atoms with Crippen LogP contribution in [0, 0.1) is 38.9 Å². The van der Waals surface area contributed by atoms with Gasteiger partial charge in [0.05, 0.1) is 38.6 Å². The van der Waals surface area contributed by atoms with E-state index in [4.69, 9.17) is 32.4 Å². The van der Waals surface area contributed by atoms with E-state index in [0.717, 1.165) is 60.5 Å². The van der Waals surface area contributed by atoms with Gasteiger partial charge in [-0.3, -0.25) is 28.5 Å². The standard InChI is InChI=1S/C26H36N2O6.C19H25NO.C18H23NO.C17H23N3O.C16H21N3O.ClH.H3N/c1-24(2,3)33-22(31)27-18(13-14-26(7,8)21(29)30)15-17-16-28(23(32)34-25(4,5)6)20-12-10-9-11-19(17)20;1-14(11-12-19(2,3)18(21)20-4)13-16-10-9-15-7-5-6-8-17(15)16;1-13(10-11-18(2,3)17(19)20)12-15-9-8-14-6-4-5-7-16(14)15;1-17(2,16(21)19-3)9-8-13(18)10-12-11-20-15-7-5-4-6-14(12)15;1-16(2,15(18)20)8-7-12(17)9-11-10-19-14-6-4-3-5-13(11)14;;/h9-14,16,18H,15H2,1-8H3,(H,27,31)(H,29,30);5-8,10-12,14H,9,13H2,1-4H3,(H,20,21);4-7,9-11,13H,8,12H2,1-3H3,(H2,19,20);4-9,11,13,20H,10,18H2,1-3H3,(H,19,21);3-8,10,12,19H,9,17H2,1-2H3,(H2,18,20);1H;1H3/b14-13+;12-11+;11-10+;9-8+;8-7+;;. The van der Waals surface area contributed by atoms with E-state index in [1.165, 1.54) is 59.9 Å². The molecule has 118 heavy (non-hydrogen) atoms. The molecule has 22 heteroatoms. The number of alkyl carbamates (subject to hydrolysis) is 1. The predicted octanol–water partition coefficient (Wildman–Crippen LogP) is 18.3. The van der Waals surface area contributed by atoms with E-state index in [-0.39, 0.29) is 54.3 Å². The Labute approximate surface area is 705 Å². The molecule has 0 saturated heterocycles. The van der Waals surface area contributed by atoms with Gasteiger partial charge in [-0.15, -0.1) is 12.4 Å². The lowest BCUT2D eigenvalue weighted by molar-refractivity contribution is -0.144. The van der Waals surface area contributed by atoms with Crippen molar-refractivity contribution in [3.63, 3.8) is 0 Å². The highest BCUT2D eigenvalue weighted by molar-refractivity contribution is 5.93. The Morgan fingerprint density at radius 1 is 0.475 bits per heavy atom. The van der Waals surface area contributed by atoms with Crippen molar-refractivity contribution < 1.29 is 48.1 Å². The maximum absolute atomic E-state index is 12.8. The number of H-pyrrole nitrogens is 2.